The Morgan fingerprint density at radius 2 is 2.05 bits per heavy atom. The van der Waals surface area contributed by atoms with Gasteiger partial charge in [-0.15, -0.1) is 10.2 Å². The first-order valence-corrected chi connectivity index (χ1v) is 12.7. The fourth-order valence-corrected chi connectivity index (χ4v) is 4.54. The van der Waals surface area contributed by atoms with Crippen LogP contribution in [0.25, 0.3) is 16.9 Å². The molecule has 2 amide bonds. The number of aromatic nitrogens is 5. The first kappa shape index (κ1) is 27.4. The van der Waals surface area contributed by atoms with E-state index in [9.17, 15) is 18.0 Å². The predicted octanol–water partition coefficient (Wildman–Crippen LogP) is 4.95. The number of halogens is 3. The van der Waals surface area contributed by atoms with E-state index in [1.54, 1.807) is 42.9 Å². The summed E-state index contributed by atoms with van der Waals surface area (Å²) in [5.74, 6) is 0.594. The summed E-state index contributed by atoms with van der Waals surface area (Å²) in [4.78, 5) is 23.8. The van der Waals surface area contributed by atoms with E-state index in [2.05, 4.69) is 25.5 Å². The molecular weight excluding hydrogens is 503 g/mol. The predicted molar refractivity (Wildman–Crippen MR) is 133 cm³/mol. The molecular formula is C25H32F3N7O3. The molecule has 38 heavy (non-hydrogen) atoms. The maximum atomic E-state index is 13.2. The molecule has 3 aromatic heterocycles. The molecule has 0 spiro atoms. The highest BCUT2D eigenvalue weighted by Gasteiger charge is 2.30. The Labute approximate surface area is 218 Å². The molecule has 10 nitrogen and oxygen atoms in total. The molecule has 0 aromatic carbocycles. The van der Waals surface area contributed by atoms with E-state index >= 15 is 0 Å². The van der Waals surface area contributed by atoms with Gasteiger partial charge in [0, 0.05) is 37.6 Å². The van der Waals surface area contributed by atoms with Gasteiger partial charge in [0.25, 0.3) is 5.88 Å². The van der Waals surface area contributed by atoms with Crippen LogP contribution in [0.4, 0.5) is 18.0 Å². The van der Waals surface area contributed by atoms with Crippen LogP contribution in [-0.4, -0.2) is 68.0 Å². The minimum absolute atomic E-state index is 0.183. The Hall–Kier alpha value is -3.64. The number of fused-ring (bicyclic) bond motifs is 7. The third kappa shape index (κ3) is 6.43. The van der Waals surface area contributed by atoms with Gasteiger partial charge in [-0.3, -0.25) is 0 Å². The van der Waals surface area contributed by atoms with Crippen molar-refractivity contribution in [1.82, 2.24) is 34.8 Å². The Kier molecular flexibility index (Phi) is 8.52. The van der Waals surface area contributed by atoms with Gasteiger partial charge >= 0.3 is 12.2 Å². The fourth-order valence-electron chi connectivity index (χ4n) is 4.54. The van der Waals surface area contributed by atoms with Gasteiger partial charge in [0.05, 0.1) is 36.7 Å². The molecule has 3 aromatic rings. The van der Waals surface area contributed by atoms with Gasteiger partial charge in [0.1, 0.15) is 0 Å². The van der Waals surface area contributed by atoms with E-state index in [1.165, 1.54) is 12.0 Å². The van der Waals surface area contributed by atoms with Crippen molar-refractivity contribution in [1.29, 1.82) is 0 Å². The highest BCUT2D eigenvalue weighted by molar-refractivity contribution is 5.75. The summed E-state index contributed by atoms with van der Waals surface area (Å²) in [7, 11) is 1.48. The van der Waals surface area contributed by atoms with E-state index < -0.39 is 30.7 Å². The van der Waals surface area contributed by atoms with Crippen LogP contribution < -0.4 is 14.8 Å². The molecule has 4 bridgehead atoms. The lowest BCUT2D eigenvalue weighted by atomic mass is 10.0. The van der Waals surface area contributed by atoms with Crippen LogP contribution in [-0.2, 0) is 0 Å². The summed E-state index contributed by atoms with van der Waals surface area (Å²) in [6.07, 6.45) is 2.24. The quantitative estimate of drug-likeness (QED) is 0.504. The molecule has 0 fully saturated rings. The second kappa shape index (κ2) is 11.8. The highest BCUT2D eigenvalue weighted by Crippen LogP contribution is 2.32. The van der Waals surface area contributed by atoms with Crippen molar-refractivity contribution < 1.29 is 27.4 Å². The topological polar surface area (TPSA) is 107 Å². The molecule has 1 aliphatic rings. The molecule has 2 atom stereocenters. The number of rotatable bonds is 4. The number of methoxy groups -OCH3 is 1. The number of urea groups is 1. The number of carbonyl (C=O) groups is 1. The first-order chi connectivity index (χ1) is 18.2. The minimum atomic E-state index is -4.29. The third-order valence-corrected chi connectivity index (χ3v) is 6.63. The van der Waals surface area contributed by atoms with Gasteiger partial charge < -0.3 is 24.1 Å². The van der Waals surface area contributed by atoms with Gasteiger partial charge in [0.15, 0.2) is 0 Å². The van der Waals surface area contributed by atoms with E-state index in [-0.39, 0.29) is 12.3 Å². The molecule has 4 rings (SSSR count). The normalized spacial score (nSPS) is 19.5. The average molecular weight is 536 g/mol. The van der Waals surface area contributed by atoms with Crippen LogP contribution in [0.1, 0.15) is 64.1 Å². The van der Waals surface area contributed by atoms with Crippen LogP contribution >= 0.6 is 0 Å². The number of nitrogens with zero attached hydrogens (tertiary/aromatic N) is 6. The van der Waals surface area contributed by atoms with Crippen LogP contribution in [0, 0.1) is 0 Å². The molecule has 0 aliphatic carbocycles. The Morgan fingerprint density at radius 1 is 1.24 bits per heavy atom. The maximum absolute atomic E-state index is 13.2. The molecule has 206 valence electrons. The Bertz CT molecular complexity index is 1250. The molecule has 13 heteroatoms. The van der Waals surface area contributed by atoms with Crippen LogP contribution in [0.3, 0.4) is 0 Å². The van der Waals surface area contributed by atoms with Crippen molar-refractivity contribution in [2.45, 2.75) is 70.6 Å². The Balaban J connectivity index is 1.72. The number of imidazole rings is 1. The van der Waals surface area contributed by atoms with Crippen molar-refractivity contribution in [2.75, 3.05) is 20.3 Å². The number of alkyl halides is 3. The van der Waals surface area contributed by atoms with E-state index in [0.29, 0.717) is 60.9 Å². The fraction of sp³-hybridized carbons (Fsp3) is 0.560. The van der Waals surface area contributed by atoms with Crippen molar-refractivity contribution in [3.8, 4) is 23.0 Å². The first-order valence-electron chi connectivity index (χ1n) is 12.7. The SMILES string of the molecule is CCN1C(=O)N[C@@H](CCC(F)(F)F)CCCCCOc2nc(cn3ccnc23)-c2cc(nnc2OC)[C@H]1C. The number of hydrogen-bond acceptors (Lipinski definition) is 7. The molecule has 0 radical (unpaired) electrons. The lowest BCUT2D eigenvalue weighted by molar-refractivity contribution is -0.136. The standard InChI is InChI=1S/C25H32F3N7O3/c1-4-35-16(2)19-14-18(22(37-3)33-32-19)20-15-34-12-11-29-21(34)23(31-20)38-13-7-5-6-8-17(30-24(35)36)9-10-25(26,27)28/h11-12,14-17H,4-10,13H2,1-3H3,(H,30,36)/t16-,17-/m1/s1. The molecule has 1 N–H and O–H groups in total. The summed E-state index contributed by atoms with van der Waals surface area (Å²) in [6.45, 7) is 4.28. The van der Waals surface area contributed by atoms with Crippen LogP contribution in [0.5, 0.6) is 11.8 Å². The Morgan fingerprint density at radius 3 is 2.79 bits per heavy atom. The maximum Gasteiger partial charge on any atom is 0.389 e. The summed E-state index contributed by atoms with van der Waals surface area (Å²) in [5.41, 5.74) is 2.10. The lowest BCUT2D eigenvalue weighted by Crippen LogP contribution is -2.46. The summed E-state index contributed by atoms with van der Waals surface area (Å²) in [6, 6.07) is 0.171. The van der Waals surface area contributed by atoms with E-state index in [0.717, 1.165) is 6.42 Å². The number of hydrogen-bond donors (Lipinski definition) is 1. The highest BCUT2D eigenvalue weighted by atomic mass is 19.4. The third-order valence-electron chi connectivity index (χ3n) is 6.63. The van der Waals surface area contributed by atoms with Crippen molar-refractivity contribution in [3.63, 3.8) is 0 Å². The van der Waals surface area contributed by atoms with Crippen LogP contribution in [0.2, 0.25) is 0 Å². The van der Waals surface area contributed by atoms with Gasteiger partial charge in [-0.2, -0.15) is 13.2 Å². The van der Waals surface area contributed by atoms with E-state index in [1.807, 2.05) is 0 Å². The van der Waals surface area contributed by atoms with Gasteiger partial charge in [-0.1, -0.05) is 6.42 Å². The molecule has 0 saturated heterocycles. The van der Waals surface area contributed by atoms with Gasteiger partial charge in [-0.25, -0.2) is 14.8 Å². The number of amides is 2. The lowest BCUT2D eigenvalue weighted by Gasteiger charge is -2.30. The van der Waals surface area contributed by atoms with Crippen LogP contribution in [0.15, 0.2) is 24.7 Å². The monoisotopic (exact) mass is 535 g/mol. The number of ether oxygens (including phenoxy) is 2. The molecule has 1 aliphatic heterocycles. The zero-order valence-electron chi connectivity index (χ0n) is 21.7. The smallest absolute Gasteiger partial charge is 0.389 e. The van der Waals surface area contributed by atoms with Gasteiger partial charge in [-0.05, 0) is 45.6 Å². The molecule has 4 heterocycles. The largest absolute Gasteiger partial charge is 0.479 e. The zero-order valence-corrected chi connectivity index (χ0v) is 21.7. The van der Waals surface area contributed by atoms with E-state index in [4.69, 9.17) is 9.47 Å². The average Bonchev–Trinajstić information content (AvgIpc) is 3.37. The van der Waals surface area contributed by atoms with Gasteiger partial charge in [0.2, 0.25) is 11.5 Å². The molecule has 0 saturated carbocycles. The zero-order chi connectivity index (χ0) is 27.3. The summed E-state index contributed by atoms with van der Waals surface area (Å²) >= 11 is 0. The second-order valence-corrected chi connectivity index (χ2v) is 9.24. The molecule has 0 unspecified atom stereocenters. The minimum Gasteiger partial charge on any atom is -0.479 e. The van der Waals surface area contributed by atoms with Crippen molar-refractivity contribution in [3.05, 3.63) is 30.4 Å². The number of carbonyl (C=O) groups excluding carboxylic acids is 1. The summed E-state index contributed by atoms with van der Waals surface area (Å²) < 4.78 is 52.1. The second-order valence-electron chi connectivity index (χ2n) is 9.24. The summed E-state index contributed by atoms with van der Waals surface area (Å²) in [5, 5.41) is 11.3. The van der Waals surface area contributed by atoms with Crippen molar-refractivity contribution >= 4 is 11.7 Å². The number of nitrogens with one attached hydrogen (secondary N) is 1. The van der Waals surface area contributed by atoms with Crippen molar-refractivity contribution in [2.24, 2.45) is 0 Å².